The highest BCUT2D eigenvalue weighted by Crippen LogP contribution is 2.24. The molecular formula is C16H16N4O3. The number of nitriles is 1. The van der Waals surface area contributed by atoms with Crippen molar-refractivity contribution >= 4 is 11.7 Å². The first-order chi connectivity index (χ1) is 11.1. The van der Waals surface area contributed by atoms with Gasteiger partial charge in [-0.15, -0.1) is 0 Å². The van der Waals surface area contributed by atoms with Gasteiger partial charge in [-0.25, -0.2) is 9.48 Å². The van der Waals surface area contributed by atoms with Crippen molar-refractivity contribution in [3.63, 3.8) is 0 Å². The predicted octanol–water partition coefficient (Wildman–Crippen LogP) is 1.59. The molecule has 1 aliphatic heterocycles. The fraction of sp³-hybridized carbons (Fsp3) is 0.312. The van der Waals surface area contributed by atoms with Gasteiger partial charge in [-0.3, -0.25) is 0 Å². The number of carboxylic acid groups (broad SMARTS) is 1. The molecule has 3 rings (SSSR count). The van der Waals surface area contributed by atoms with Crippen molar-refractivity contribution in [1.29, 1.82) is 5.26 Å². The van der Waals surface area contributed by atoms with Crippen molar-refractivity contribution in [2.45, 2.75) is 6.92 Å². The summed E-state index contributed by atoms with van der Waals surface area (Å²) in [5.41, 5.74) is 2.65. The van der Waals surface area contributed by atoms with Gasteiger partial charge in [0.15, 0.2) is 0 Å². The number of hydrogen-bond acceptors (Lipinski definition) is 5. The average Bonchev–Trinajstić information content (AvgIpc) is 2.97. The molecule has 1 saturated heterocycles. The van der Waals surface area contributed by atoms with Gasteiger partial charge in [0.25, 0.3) is 0 Å². The van der Waals surface area contributed by atoms with Gasteiger partial charge in [-0.2, -0.15) is 10.4 Å². The van der Waals surface area contributed by atoms with Crippen LogP contribution in [0.3, 0.4) is 0 Å². The zero-order valence-corrected chi connectivity index (χ0v) is 12.7. The summed E-state index contributed by atoms with van der Waals surface area (Å²) in [4.78, 5) is 13.2. The maximum absolute atomic E-state index is 11.1. The number of aromatic carboxylic acids is 1. The van der Waals surface area contributed by atoms with Crippen LogP contribution in [0, 0.1) is 18.3 Å². The van der Waals surface area contributed by atoms with Gasteiger partial charge >= 0.3 is 5.97 Å². The van der Waals surface area contributed by atoms with Crippen LogP contribution in [0.5, 0.6) is 0 Å². The Kier molecular flexibility index (Phi) is 4.00. The number of benzene rings is 1. The molecule has 7 heteroatoms. The maximum atomic E-state index is 11.1. The Labute approximate surface area is 133 Å². The second-order valence-electron chi connectivity index (χ2n) is 5.29. The molecule has 2 aromatic rings. The number of ether oxygens (including phenoxy) is 1. The van der Waals surface area contributed by atoms with E-state index in [1.165, 1.54) is 10.9 Å². The molecule has 0 saturated carbocycles. The monoisotopic (exact) mass is 312 g/mol. The maximum Gasteiger partial charge on any atom is 0.339 e. The largest absolute Gasteiger partial charge is 0.478 e. The number of aryl methyl sites for hydroxylation is 1. The first-order valence-corrected chi connectivity index (χ1v) is 7.27. The number of carbonyl (C=O) groups is 1. The van der Waals surface area contributed by atoms with Crippen LogP contribution in [0.2, 0.25) is 0 Å². The quantitative estimate of drug-likeness (QED) is 0.925. The van der Waals surface area contributed by atoms with E-state index in [2.05, 4.69) is 16.1 Å². The summed E-state index contributed by atoms with van der Waals surface area (Å²) < 4.78 is 6.82. The van der Waals surface area contributed by atoms with Crippen LogP contribution in [0.25, 0.3) is 5.69 Å². The molecule has 0 radical (unpaired) electrons. The van der Waals surface area contributed by atoms with Crippen molar-refractivity contribution < 1.29 is 14.6 Å². The van der Waals surface area contributed by atoms with Crippen molar-refractivity contribution in [3.05, 3.63) is 41.2 Å². The molecule has 1 fully saturated rings. The van der Waals surface area contributed by atoms with Gasteiger partial charge in [-0.05, 0) is 25.1 Å². The smallest absolute Gasteiger partial charge is 0.339 e. The summed E-state index contributed by atoms with van der Waals surface area (Å²) in [5, 5.41) is 22.8. The van der Waals surface area contributed by atoms with E-state index in [-0.39, 0.29) is 5.56 Å². The Morgan fingerprint density at radius 3 is 2.74 bits per heavy atom. The number of anilines is 1. The fourth-order valence-corrected chi connectivity index (χ4v) is 2.64. The van der Waals surface area contributed by atoms with Crippen molar-refractivity contribution in [3.8, 4) is 11.8 Å². The van der Waals surface area contributed by atoms with E-state index in [4.69, 9.17) is 9.84 Å². The third-order valence-corrected chi connectivity index (χ3v) is 3.85. The van der Waals surface area contributed by atoms with E-state index in [9.17, 15) is 10.1 Å². The summed E-state index contributed by atoms with van der Waals surface area (Å²) in [6, 6.07) is 7.64. The lowest BCUT2D eigenvalue weighted by molar-refractivity contribution is 0.0696. The second kappa shape index (κ2) is 6.10. The lowest BCUT2D eigenvalue weighted by Crippen LogP contribution is -2.36. The minimum Gasteiger partial charge on any atom is -0.478 e. The Bertz CT molecular complexity index is 785. The summed E-state index contributed by atoms with van der Waals surface area (Å²) >= 11 is 0. The van der Waals surface area contributed by atoms with Gasteiger partial charge in [0, 0.05) is 19.3 Å². The molecule has 1 aromatic heterocycles. The van der Waals surface area contributed by atoms with E-state index < -0.39 is 5.97 Å². The summed E-state index contributed by atoms with van der Waals surface area (Å²) in [7, 11) is 0. The third kappa shape index (κ3) is 2.89. The van der Waals surface area contributed by atoms with E-state index in [0.717, 1.165) is 18.8 Å². The number of carboxylic acids is 1. The molecule has 2 heterocycles. The molecule has 0 amide bonds. The molecule has 0 spiro atoms. The van der Waals surface area contributed by atoms with Gasteiger partial charge in [0.1, 0.15) is 11.6 Å². The van der Waals surface area contributed by atoms with Gasteiger partial charge in [0.05, 0.1) is 35.8 Å². The number of rotatable bonds is 3. The summed E-state index contributed by atoms with van der Waals surface area (Å²) in [6.45, 7) is 4.43. The first kappa shape index (κ1) is 15.1. The lowest BCUT2D eigenvalue weighted by atomic mass is 10.1. The van der Waals surface area contributed by atoms with Crippen molar-refractivity contribution in [1.82, 2.24) is 9.78 Å². The summed E-state index contributed by atoms with van der Waals surface area (Å²) in [5.74, 6) is -1.01. The van der Waals surface area contributed by atoms with Gasteiger partial charge < -0.3 is 14.7 Å². The highest BCUT2D eigenvalue weighted by atomic mass is 16.5. The van der Waals surface area contributed by atoms with Crippen molar-refractivity contribution in [2.75, 3.05) is 31.2 Å². The van der Waals surface area contributed by atoms with Crippen LogP contribution in [0.4, 0.5) is 5.69 Å². The standard InChI is InChI=1S/C16H16N4O3/c1-11-14(16(21)22)10-20(18-11)13-2-3-15(12(8-13)9-17)19-4-6-23-7-5-19/h2-3,8,10H,4-7H2,1H3,(H,21,22). The van der Waals surface area contributed by atoms with E-state index in [1.807, 2.05) is 12.1 Å². The minimum absolute atomic E-state index is 0.153. The molecule has 118 valence electrons. The Morgan fingerprint density at radius 1 is 1.39 bits per heavy atom. The molecular weight excluding hydrogens is 296 g/mol. The highest BCUT2D eigenvalue weighted by molar-refractivity contribution is 5.88. The first-order valence-electron chi connectivity index (χ1n) is 7.27. The molecule has 0 aliphatic carbocycles. The Morgan fingerprint density at radius 2 is 2.13 bits per heavy atom. The van der Waals surface area contributed by atoms with E-state index in [1.54, 1.807) is 13.0 Å². The van der Waals surface area contributed by atoms with E-state index in [0.29, 0.717) is 30.2 Å². The number of morpholine rings is 1. The molecule has 0 bridgehead atoms. The van der Waals surface area contributed by atoms with Crippen LogP contribution in [0.15, 0.2) is 24.4 Å². The molecule has 1 aromatic carbocycles. The Hall–Kier alpha value is -2.85. The van der Waals surface area contributed by atoms with E-state index >= 15 is 0 Å². The number of hydrogen-bond donors (Lipinski definition) is 1. The molecule has 0 atom stereocenters. The second-order valence-corrected chi connectivity index (χ2v) is 5.29. The SMILES string of the molecule is Cc1nn(-c2ccc(N3CCOCC3)c(C#N)c2)cc1C(=O)O. The van der Waals surface area contributed by atoms with Gasteiger partial charge in [0.2, 0.25) is 0 Å². The number of aromatic nitrogens is 2. The molecule has 0 unspecified atom stereocenters. The van der Waals surface area contributed by atoms with Crippen molar-refractivity contribution in [2.24, 2.45) is 0 Å². The average molecular weight is 312 g/mol. The third-order valence-electron chi connectivity index (χ3n) is 3.85. The van der Waals surface area contributed by atoms with Crippen LogP contribution in [-0.4, -0.2) is 47.2 Å². The molecule has 1 N–H and O–H groups in total. The fourth-order valence-electron chi connectivity index (χ4n) is 2.64. The predicted molar refractivity (Wildman–Crippen MR) is 83.0 cm³/mol. The van der Waals surface area contributed by atoms with Crippen LogP contribution >= 0.6 is 0 Å². The summed E-state index contributed by atoms with van der Waals surface area (Å²) in [6.07, 6.45) is 1.46. The molecule has 23 heavy (non-hydrogen) atoms. The topological polar surface area (TPSA) is 91.4 Å². The lowest BCUT2D eigenvalue weighted by Gasteiger charge is -2.29. The normalized spacial score (nSPS) is 14.5. The number of nitrogens with zero attached hydrogens (tertiary/aromatic N) is 4. The minimum atomic E-state index is -1.01. The molecule has 7 nitrogen and oxygen atoms in total. The highest BCUT2D eigenvalue weighted by Gasteiger charge is 2.17. The Balaban J connectivity index is 1.97. The van der Waals surface area contributed by atoms with Crippen LogP contribution in [-0.2, 0) is 4.74 Å². The molecule has 1 aliphatic rings. The zero-order valence-electron chi connectivity index (χ0n) is 12.7. The van der Waals surface area contributed by atoms with Gasteiger partial charge in [-0.1, -0.05) is 0 Å². The van der Waals surface area contributed by atoms with Crippen LogP contribution in [0.1, 0.15) is 21.6 Å². The zero-order chi connectivity index (χ0) is 16.4. The van der Waals surface area contributed by atoms with Crippen LogP contribution < -0.4 is 4.90 Å².